The smallest absolute Gasteiger partial charge is 0.162 e. The van der Waals surface area contributed by atoms with Crippen LogP contribution in [-0.2, 0) is 11.2 Å². The Morgan fingerprint density at radius 3 is 2.69 bits per heavy atom. The molecule has 0 fully saturated rings. The van der Waals surface area contributed by atoms with Crippen molar-refractivity contribution in [1.82, 2.24) is 0 Å². The first kappa shape index (κ1) is 13.1. The summed E-state index contributed by atoms with van der Waals surface area (Å²) in [4.78, 5) is 0. The minimum absolute atomic E-state index is 0.0694. The lowest BCUT2D eigenvalue weighted by molar-refractivity contribution is 0.0242. The van der Waals surface area contributed by atoms with E-state index >= 15 is 0 Å². The summed E-state index contributed by atoms with van der Waals surface area (Å²) < 4.78 is 31.1. The van der Waals surface area contributed by atoms with Crippen molar-refractivity contribution in [2.45, 2.75) is 25.4 Å². The summed E-state index contributed by atoms with van der Waals surface area (Å²) in [5, 5.41) is 9.95. The highest BCUT2D eigenvalue weighted by atomic mass is 19.2. The van der Waals surface area contributed by atoms with Gasteiger partial charge in [0, 0.05) is 20.1 Å². The molecule has 0 saturated carbocycles. The Morgan fingerprint density at radius 1 is 1.38 bits per heavy atom. The fourth-order valence-corrected chi connectivity index (χ4v) is 1.51. The van der Waals surface area contributed by atoms with E-state index in [2.05, 4.69) is 0 Å². The third-order valence-electron chi connectivity index (χ3n) is 2.45. The van der Waals surface area contributed by atoms with Crippen molar-refractivity contribution in [1.29, 1.82) is 0 Å². The predicted molar refractivity (Wildman–Crippen MR) is 57.2 cm³/mol. The van der Waals surface area contributed by atoms with E-state index < -0.39 is 17.2 Å². The van der Waals surface area contributed by atoms with E-state index in [0.29, 0.717) is 13.0 Å². The molecule has 0 aliphatic carbocycles. The molecule has 1 aromatic rings. The Hall–Kier alpha value is -1.00. The molecule has 0 aliphatic rings. The molecular weight excluding hydrogens is 214 g/mol. The van der Waals surface area contributed by atoms with Gasteiger partial charge < -0.3 is 9.84 Å². The Labute approximate surface area is 93.9 Å². The Bertz CT molecular complexity index is 351. The summed E-state index contributed by atoms with van der Waals surface area (Å²) in [6.07, 6.45) is 0.444. The molecular formula is C12H16F2O2. The standard InChI is InChI=1S/C12H16F2O2/c1-12(15,6-7-16-2)8-9-4-3-5-10(13)11(9)14/h3-5,15H,6-8H2,1-2H3. The lowest BCUT2D eigenvalue weighted by Gasteiger charge is -2.23. The van der Waals surface area contributed by atoms with Gasteiger partial charge in [-0.1, -0.05) is 12.1 Å². The second-order valence-corrected chi connectivity index (χ2v) is 4.13. The number of ether oxygens (including phenoxy) is 1. The first-order valence-corrected chi connectivity index (χ1v) is 5.10. The van der Waals surface area contributed by atoms with Crippen LogP contribution in [0, 0.1) is 11.6 Å². The van der Waals surface area contributed by atoms with Gasteiger partial charge in [0.05, 0.1) is 5.60 Å². The van der Waals surface area contributed by atoms with Gasteiger partial charge >= 0.3 is 0 Å². The van der Waals surface area contributed by atoms with Crippen molar-refractivity contribution >= 4 is 0 Å². The summed E-state index contributed by atoms with van der Waals surface area (Å²) in [5.41, 5.74) is -0.911. The maximum Gasteiger partial charge on any atom is 0.162 e. The van der Waals surface area contributed by atoms with Crippen LogP contribution in [0.1, 0.15) is 18.9 Å². The molecule has 0 aromatic heterocycles. The average molecular weight is 230 g/mol. The van der Waals surface area contributed by atoms with Crippen LogP contribution in [0.15, 0.2) is 18.2 Å². The van der Waals surface area contributed by atoms with Gasteiger partial charge in [0.2, 0.25) is 0 Å². The molecule has 16 heavy (non-hydrogen) atoms. The largest absolute Gasteiger partial charge is 0.390 e. The number of hydrogen-bond acceptors (Lipinski definition) is 2. The topological polar surface area (TPSA) is 29.5 Å². The fraction of sp³-hybridized carbons (Fsp3) is 0.500. The summed E-state index contributed by atoms with van der Waals surface area (Å²) in [6, 6.07) is 3.96. The molecule has 0 heterocycles. The van der Waals surface area contributed by atoms with Gasteiger partial charge in [0.25, 0.3) is 0 Å². The van der Waals surface area contributed by atoms with Crippen LogP contribution >= 0.6 is 0 Å². The number of rotatable bonds is 5. The zero-order chi connectivity index (χ0) is 12.2. The number of aliphatic hydroxyl groups is 1. The van der Waals surface area contributed by atoms with Gasteiger partial charge in [0.15, 0.2) is 11.6 Å². The number of benzene rings is 1. The summed E-state index contributed by atoms with van der Waals surface area (Å²) in [6.45, 7) is 1.96. The van der Waals surface area contributed by atoms with Gasteiger partial charge in [-0.05, 0) is 25.0 Å². The first-order chi connectivity index (χ1) is 7.46. The fourth-order valence-electron chi connectivity index (χ4n) is 1.51. The van der Waals surface area contributed by atoms with E-state index in [4.69, 9.17) is 4.74 Å². The molecule has 90 valence electrons. The SMILES string of the molecule is COCCC(C)(O)Cc1cccc(F)c1F. The van der Waals surface area contributed by atoms with Crippen molar-refractivity contribution in [3.63, 3.8) is 0 Å². The van der Waals surface area contributed by atoms with Crippen molar-refractivity contribution in [2.24, 2.45) is 0 Å². The molecule has 0 saturated heterocycles. The molecule has 1 aromatic carbocycles. The maximum absolute atomic E-state index is 13.3. The molecule has 0 amide bonds. The second-order valence-electron chi connectivity index (χ2n) is 4.13. The lowest BCUT2D eigenvalue weighted by atomic mass is 9.93. The Balaban J connectivity index is 2.75. The minimum atomic E-state index is -1.09. The zero-order valence-corrected chi connectivity index (χ0v) is 9.46. The number of methoxy groups -OCH3 is 1. The summed E-state index contributed by atoms with van der Waals surface area (Å²) in [5.74, 6) is -1.78. The van der Waals surface area contributed by atoms with E-state index in [0.717, 1.165) is 6.07 Å². The molecule has 2 nitrogen and oxygen atoms in total. The molecule has 1 N–H and O–H groups in total. The highest BCUT2D eigenvalue weighted by Crippen LogP contribution is 2.20. The quantitative estimate of drug-likeness (QED) is 0.841. The second kappa shape index (κ2) is 5.37. The van der Waals surface area contributed by atoms with Gasteiger partial charge in [-0.15, -0.1) is 0 Å². The van der Waals surface area contributed by atoms with Gasteiger partial charge in [-0.3, -0.25) is 0 Å². The molecule has 0 radical (unpaired) electrons. The number of halogens is 2. The van der Waals surface area contributed by atoms with Crippen LogP contribution in [0.4, 0.5) is 8.78 Å². The molecule has 0 aliphatic heterocycles. The zero-order valence-electron chi connectivity index (χ0n) is 9.46. The van der Waals surface area contributed by atoms with Gasteiger partial charge in [0.1, 0.15) is 0 Å². The van der Waals surface area contributed by atoms with Gasteiger partial charge in [-0.25, -0.2) is 8.78 Å². The van der Waals surface area contributed by atoms with Crippen LogP contribution in [0.5, 0.6) is 0 Å². The van der Waals surface area contributed by atoms with Crippen molar-refractivity contribution in [3.05, 3.63) is 35.4 Å². The van der Waals surface area contributed by atoms with Crippen molar-refractivity contribution in [2.75, 3.05) is 13.7 Å². The molecule has 1 rings (SSSR count). The molecule has 0 bridgehead atoms. The third kappa shape index (κ3) is 3.54. The summed E-state index contributed by atoms with van der Waals surface area (Å²) >= 11 is 0. The third-order valence-corrected chi connectivity index (χ3v) is 2.45. The monoisotopic (exact) mass is 230 g/mol. The van der Waals surface area contributed by atoms with E-state index in [1.54, 1.807) is 6.92 Å². The van der Waals surface area contributed by atoms with Crippen LogP contribution < -0.4 is 0 Å². The van der Waals surface area contributed by atoms with Gasteiger partial charge in [-0.2, -0.15) is 0 Å². The Kier molecular flexibility index (Phi) is 4.38. The first-order valence-electron chi connectivity index (χ1n) is 5.10. The van der Waals surface area contributed by atoms with E-state index in [1.807, 2.05) is 0 Å². The van der Waals surface area contributed by atoms with Crippen LogP contribution in [-0.4, -0.2) is 24.4 Å². The number of hydrogen-bond donors (Lipinski definition) is 1. The minimum Gasteiger partial charge on any atom is -0.390 e. The van der Waals surface area contributed by atoms with E-state index in [-0.39, 0.29) is 12.0 Å². The average Bonchev–Trinajstić information content (AvgIpc) is 2.22. The predicted octanol–water partition coefficient (Wildman–Crippen LogP) is 2.29. The molecule has 1 atom stereocenters. The molecule has 1 unspecified atom stereocenters. The van der Waals surface area contributed by atoms with Crippen molar-refractivity contribution < 1.29 is 18.6 Å². The molecule has 0 spiro atoms. The van der Waals surface area contributed by atoms with Crippen LogP contribution in [0.2, 0.25) is 0 Å². The normalized spacial score (nSPS) is 14.8. The van der Waals surface area contributed by atoms with Crippen LogP contribution in [0.25, 0.3) is 0 Å². The highest BCUT2D eigenvalue weighted by molar-refractivity contribution is 5.20. The van der Waals surface area contributed by atoms with Crippen LogP contribution in [0.3, 0.4) is 0 Å². The van der Waals surface area contributed by atoms with Crippen molar-refractivity contribution in [3.8, 4) is 0 Å². The molecule has 4 heteroatoms. The Morgan fingerprint density at radius 2 is 2.06 bits per heavy atom. The lowest BCUT2D eigenvalue weighted by Crippen LogP contribution is -2.29. The highest BCUT2D eigenvalue weighted by Gasteiger charge is 2.23. The van der Waals surface area contributed by atoms with E-state index in [9.17, 15) is 13.9 Å². The summed E-state index contributed by atoms with van der Waals surface area (Å²) in [7, 11) is 1.53. The van der Waals surface area contributed by atoms with E-state index in [1.165, 1.54) is 19.2 Å². The maximum atomic E-state index is 13.3.